The fraction of sp³-hybridized carbons (Fsp3) is 0.429. The number of carbonyl (C=O) groups excluding carboxylic acids is 2. The van der Waals surface area contributed by atoms with Gasteiger partial charge in [-0.3, -0.25) is 4.79 Å². The minimum atomic E-state index is -0.441. The molecule has 0 fully saturated rings. The number of hydrogen-bond acceptors (Lipinski definition) is 5. The number of hydrogen-bond donors (Lipinski definition) is 0. The standard InChI is InChI=1S/C14H17IO5/c1-2-18-9-10-19-13(16)7-8-20-14(17)11-3-5-12(15)6-4-11/h3-6H,2,7-10H2,1H3. The van der Waals surface area contributed by atoms with E-state index in [4.69, 9.17) is 14.2 Å². The van der Waals surface area contributed by atoms with Crippen LogP contribution in [0.3, 0.4) is 0 Å². The lowest BCUT2D eigenvalue weighted by atomic mass is 10.2. The van der Waals surface area contributed by atoms with Crippen molar-refractivity contribution in [1.29, 1.82) is 0 Å². The minimum Gasteiger partial charge on any atom is -0.463 e. The summed E-state index contributed by atoms with van der Waals surface area (Å²) in [6, 6.07) is 7.01. The molecule has 0 spiro atoms. The van der Waals surface area contributed by atoms with Crippen LogP contribution >= 0.6 is 22.6 Å². The second kappa shape index (κ2) is 9.71. The molecule has 0 aliphatic carbocycles. The number of esters is 2. The van der Waals surface area contributed by atoms with E-state index in [2.05, 4.69) is 22.6 Å². The maximum atomic E-state index is 11.6. The van der Waals surface area contributed by atoms with Crippen LogP contribution in [0.4, 0.5) is 0 Å². The maximum Gasteiger partial charge on any atom is 0.338 e. The van der Waals surface area contributed by atoms with Gasteiger partial charge in [-0.05, 0) is 53.8 Å². The summed E-state index contributed by atoms with van der Waals surface area (Å²) in [6.07, 6.45) is 0.0439. The third kappa shape index (κ3) is 6.85. The van der Waals surface area contributed by atoms with E-state index >= 15 is 0 Å². The molecule has 1 aromatic rings. The van der Waals surface area contributed by atoms with E-state index < -0.39 is 11.9 Å². The zero-order valence-corrected chi connectivity index (χ0v) is 13.4. The molecule has 20 heavy (non-hydrogen) atoms. The summed E-state index contributed by atoms with van der Waals surface area (Å²) in [5.74, 6) is -0.844. The maximum absolute atomic E-state index is 11.6. The highest BCUT2D eigenvalue weighted by Gasteiger charge is 2.09. The molecule has 0 aliphatic rings. The summed E-state index contributed by atoms with van der Waals surface area (Å²) in [5.41, 5.74) is 0.468. The van der Waals surface area contributed by atoms with Gasteiger partial charge in [0.2, 0.25) is 0 Å². The summed E-state index contributed by atoms with van der Waals surface area (Å²) >= 11 is 2.15. The SMILES string of the molecule is CCOCCOC(=O)CCOC(=O)c1ccc(I)cc1. The molecule has 0 N–H and O–H groups in total. The molecule has 0 bridgehead atoms. The molecule has 110 valence electrons. The van der Waals surface area contributed by atoms with Crippen LogP contribution in [-0.2, 0) is 19.0 Å². The van der Waals surface area contributed by atoms with E-state index in [1.54, 1.807) is 12.1 Å². The molecule has 0 saturated carbocycles. The van der Waals surface area contributed by atoms with Gasteiger partial charge in [0.05, 0.1) is 18.6 Å². The molecule has 0 radical (unpaired) electrons. The second-order valence-corrected chi connectivity index (χ2v) is 5.06. The number of rotatable bonds is 8. The van der Waals surface area contributed by atoms with E-state index in [-0.39, 0.29) is 19.6 Å². The Morgan fingerprint density at radius 1 is 1.05 bits per heavy atom. The minimum absolute atomic E-state index is 0.0122. The smallest absolute Gasteiger partial charge is 0.338 e. The van der Waals surface area contributed by atoms with Crippen LogP contribution in [0.25, 0.3) is 0 Å². The van der Waals surface area contributed by atoms with Crippen LogP contribution in [0, 0.1) is 3.57 Å². The summed E-state index contributed by atoms with van der Waals surface area (Å²) in [5, 5.41) is 0. The highest BCUT2D eigenvalue weighted by Crippen LogP contribution is 2.08. The quantitative estimate of drug-likeness (QED) is 0.386. The number of ether oxygens (including phenoxy) is 3. The van der Waals surface area contributed by atoms with Crippen molar-refractivity contribution in [3.05, 3.63) is 33.4 Å². The number of benzene rings is 1. The van der Waals surface area contributed by atoms with Gasteiger partial charge >= 0.3 is 11.9 Å². The number of halogens is 1. The molecule has 6 heteroatoms. The molecule has 0 amide bonds. The van der Waals surface area contributed by atoms with Crippen LogP contribution in [0.15, 0.2) is 24.3 Å². The van der Waals surface area contributed by atoms with Gasteiger partial charge < -0.3 is 14.2 Å². The van der Waals surface area contributed by atoms with E-state index in [9.17, 15) is 9.59 Å². The van der Waals surface area contributed by atoms with Crippen molar-refractivity contribution < 1.29 is 23.8 Å². The van der Waals surface area contributed by atoms with Gasteiger partial charge in [0, 0.05) is 10.2 Å². The van der Waals surface area contributed by atoms with Gasteiger partial charge in [0.25, 0.3) is 0 Å². The molecule has 5 nitrogen and oxygen atoms in total. The van der Waals surface area contributed by atoms with Crippen molar-refractivity contribution in [3.63, 3.8) is 0 Å². The zero-order valence-electron chi connectivity index (χ0n) is 11.3. The van der Waals surface area contributed by atoms with Gasteiger partial charge in [-0.15, -0.1) is 0 Å². The molecule has 1 aromatic carbocycles. The summed E-state index contributed by atoms with van der Waals surface area (Å²) in [4.78, 5) is 22.9. The van der Waals surface area contributed by atoms with Crippen molar-refractivity contribution in [1.82, 2.24) is 0 Å². The van der Waals surface area contributed by atoms with Crippen molar-refractivity contribution >= 4 is 34.5 Å². The largest absolute Gasteiger partial charge is 0.463 e. The Balaban J connectivity index is 2.18. The van der Waals surface area contributed by atoms with Gasteiger partial charge in [-0.2, -0.15) is 0 Å². The van der Waals surface area contributed by atoms with Crippen molar-refractivity contribution in [2.24, 2.45) is 0 Å². The monoisotopic (exact) mass is 392 g/mol. The fourth-order valence-corrected chi connectivity index (χ4v) is 1.69. The Hall–Kier alpha value is -1.15. The van der Waals surface area contributed by atoms with Crippen LogP contribution < -0.4 is 0 Å². The van der Waals surface area contributed by atoms with Crippen LogP contribution in [-0.4, -0.2) is 38.4 Å². The van der Waals surface area contributed by atoms with E-state index in [0.29, 0.717) is 18.8 Å². The lowest BCUT2D eigenvalue weighted by molar-refractivity contribution is -0.145. The first-order valence-electron chi connectivity index (χ1n) is 6.29. The topological polar surface area (TPSA) is 61.8 Å². The average molecular weight is 392 g/mol. The van der Waals surface area contributed by atoms with Gasteiger partial charge in [0.15, 0.2) is 0 Å². The molecule has 1 rings (SSSR count). The predicted molar refractivity (Wildman–Crippen MR) is 81.5 cm³/mol. The first-order valence-corrected chi connectivity index (χ1v) is 7.37. The Labute approximate surface area is 131 Å². The Bertz CT molecular complexity index is 430. The molecular formula is C14H17IO5. The van der Waals surface area contributed by atoms with Gasteiger partial charge in [0.1, 0.15) is 13.2 Å². The summed E-state index contributed by atoms with van der Waals surface area (Å²) in [6.45, 7) is 3.07. The van der Waals surface area contributed by atoms with Crippen LogP contribution in [0.1, 0.15) is 23.7 Å². The van der Waals surface area contributed by atoms with Gasteiger partial charge in [-0.1, -0.05) is 0 Å². The molecule has 0 saturated heterocycles. The van der Waals surface area contributed by atoms with Crippen molar-refractivity contribution in [2.45, 2.75) is 13.3 Å². The summed E-state index contributed by atoms with van der Waals surface area (Å²) < 4.78 is 16.0. The van der Waals surface area contributed by atoms with E-state index in [1.807, 2.05) is 19.1 Å². The molecule has 0 unspecified atom stereocenters. The zero-order chi connectivity index (χ0) is 14.8. The van der Waals surface area contributed by atoms with Gasteiger partial charge in [-0.25, -0.2) is 4.79 Å². The second-order valence-electron chi connectivity index (χ2n) is 3.81. The first-order chi connectivity index (χ1) is 9.63. The molecule has 0 heterocycles. The fourth-order valence-electron chi connectivity index (χ4n) is 1.33. The van der Waals surface area contributed by atoms with Crippen molar-refractivity contribution in [3.8, 4) is 0 Å². The summed E-state index contributed by atoms with van der Waals surface area (Å²) in [7, 11) is 0. The molecule has 0 aromatic heterocycles. The lowest BCUT2D eigenvalue weighted by Gasteiger charge is -2.06. The molecule has 0 aliphatic heterocycles. The highest BCUT2D eigenvalue weighted by atomic mass is 127. The average Bonchev–Trinajstić information content (AvgIpc) is 2.44. The van der Waals surface area contributed by atoms with E-state index in [1.165, 1.54) is 0 Å². The third-order valence-corrected chi connectivity index (χ3v) is 3.03. The van der Waals surface area contributed by atoms with Crippen LogP contribution in [0.2, 0.25) is 0 Å². The third-order valence-electron chi connectivity index (χ3n) is 2.31. The van der Waals surface area contributed by atoms with Crippen LogP contribution in [0.5, 0.6) is 0 Å². The Morgan fingerprint density at radius 3 is 2.40 bits per heavy atom. The highest BCUT2D eigenvalue weighted by molar-refractivity contribution is 14.1. The number of carbonyl (C=O) groups is 2. The van der Waals surface area contributed by atoms with Crippen molar-refractivity contribution in [2.75, 3.05) is 26.4 Å². The Kier molecular flexibility index (Phi) is 8.20. The Morgan fingerprint density at radius 2 is 1.75 bits per heavy atom. The molecular weight excluding hydrogens is 375 g/mol. The normalized spacial score (nSPS) is 10.1. The predicted octanol–water partition coefficient (Wildman–Crippen LogP) is 2.42. The molecule has 0 atom stereocenters. The lowest BCUT2D eigenvalue weighted by Crippen LogP contribution is -2.14. The first kappa shape index (κ1) is 16.9. The van der Waals surface area contributed by atoms with E-state index in [0.717, 1.165) is 3.57 Å².